The van der Waals surface area contributed by atoms with Crippen LogP contribution in [0.2, 0.25) is 0 Å². The van der Waals surface area contributed by atoms with Gasteiger partial charge in [0.25, 0.3) is 5.95 Å². The first-order valence-corrected chi connectivity index (χ1v) is 6.70. The van der Waals surface area contributed by atoms with Crippen molar-refractivity contribution in [3.8, 4) is 17.1 Å². The summed E-state index contributed by atoms with van der Waals surface area (Å²) in [5.74, 6) is 0.976. The number of methoxy groups -OCH3 is 1. The molecule has 0 atom stereocenters. The molecule has 0 amide bonds. The van der Waals surface area contributed by atoms with Crippen LogP contribution in [0.15, 0.2) is 33.8 Å². The monoisotopic (exact) mass is 314 g/mol. The maximum atomic E-state index is 11.7. The molecule has 0 aliphatic rings. The highest BCUT2D eigenvalue weighted by Gasteiger charge is 2.12. The van der Waals surface area contributed by atoms with E-state index in [1.54, 1.807) is 13.2 Å². The summed E-state index contributed by atoms with van der Waals surface area (Å²) in [7, 11) is 1.57. The van der Waals surface area contributed by atoms with Crippen molar-refractivity contribution in [3.05, 3.63) is 30.2 Å². The Balaban J connectivity index is 1.68. The van der Waals surface area contributed by atoms with Crippen molar-refractivity contribution in [1.82, 2.24) is 30.8 Å². The highest BCUT2D eigenvalue weighted by Crippen LogP contribution is 2.27. The Morgan fingerprint density at radius 1 is 1.39 bits per heavy atom. The minimum absolute atomic E-state index is 0.00441. The molecule has 23 heavy (non-hydrogen) atoms. The van der Waals surface area contributed by atoms with E-state index in [1.165, 1.54) is 0 Å². The second-order valence-corrected chi connectivity index (χ2v) is 4.43. The molecule has 1 aromatic carbocycles. The van der Waals surface area contributed by atoms with Gasteiger partial charge in [-0.25, -0.2) is 4.99 Å². The van der Waals surface area contributed by atoms with Gasteiger partial charge in [-0.3, -0.25) is 0 Å². The van der Waals surface area contributed by atoms with E-state index >= 15 is 0 Å². The van der Waals surface area contributed by atoms with E-state index in [0.29, 0.717) is 23.0 Å². The van der Waals surface area contributed by atoms with E-state index in [-0.39, 0.29) is 18.8 Å². The third-order valence-electron chi connectivity index (χ3n) is 2.93. The van der Waals surface area contributed by atoms with Gasteiger partial charge in [0.05, 0.1) is 12.7 Å². The average Bonchev–Trinajstić information content (AvgIpc) is 3.24. The lowest BCUT2D eigenvalue weighted by molar-refractivity contribution is -0.218. The van der Waals surface area contributed by atoms with Crippen LogP contribution in [0.3, 0.4) is 0 Å². The molecule has 0 radical (unpaired) electrons. The third kappa shape index (κ3) is 3.48. The summed E-state index contributed by atoms with van der Waals surface area (Å²) in [4.78, 5) is 7.92. The van der Waals surface area contributed by atoms with Gasteiger partial charge in [0.2, 0.25) is 11.7 Å². The first-order chi connectivity index (χ1) is 11.3. The number of aromatic nitrogens is 6. The van der Waals surface area contributed by atoms with Crippen molar-refractivity contribution in [2.24, 2.45) is 4.99 Å². The van der Waals surface area contributed by atoms with Crippen LogP contribution in [-0.4, -0.2) is 43.8 Å². The van der Waals surface area contributed by atoms with Crippen LogP contribution in [0.1, 0.15) is 12.3 Å². The Bertz CT molecular complexity index is 798. The lowest BCUT2D eigenvalue weighted by Crippen LogP contribution is -2.17. The summed E-state index contributed by atoms with van der Waals surface area (Å²) >= 11 is 0. The minimum atomic E-state index is -0.400. The van der Waals surface area contributed by atoms with E-state index in [1.807, 2.05) is 18.2 Å². The van der Waals surface area contributed by atoms with Gasteiger partial charge in [-0.05, 0) is 29.7 Å². The van der Waals surface area contributed by atoms with E-state index < -0.39 is 5.90 Å². The maximum Gasteiger partial charge on any atom is 0.287 e. The van der Waals surface area contributed by atoms with Gasteiger partial charge in [0.15, 0.2) is 0 Å². The van der Waals surface area contributed by atoms with Gasteiger partial charge < -0.3 is 14.4 Å². The number of tetrazole rings is 1. The Morgan fingerprint density at radius 2 is 2.26 bits per heavy atom. The molecule has 10 heteroatoms. The molecular weight excluding hydrogens is 302 g/mol. The summed E-state index contributed by atoms with van der Waals surface area (Å²) in [6, 6.07) is 7.32. The molecule has 0 saturated heterocycles. The Labute approximate surface area is 130 Å². The second-order valence-electron chi connectivity index (χ2n) is 4.43. The largest absolute Gasteiger partial charge is 0.862 e. The van der Waals surface area contributed by atoms with E-state index in [9.17, 15) is 5.11 Å². The predicted octanol–water partition coefficient (Wildman–Crippen LogP) is 0.281. The van der Waals surface area contributed by atoms with Gasteiger partial charge in [-0.1, -0.05) is 22.4 Å². The second kappa shape index (κ2) is 6.64. The molecule has 118 valence electrons. The molecule has 0 bridgehead atoms. The molecule has 0 aliphatic heterocycles. The normalized spacial score (nSPS) is 11.6. The van der Waals surface area contributed by atoms with E-state index in [4.69, 9.17) is 9.26 Å². The lowest BCUT2D eigenvalue weighted by atomic mass is 10.2. The number of hydrogen-bond donors (Lipinski definition) is 1. The number of hydrogen-bond acceptors (Lipinski definition) is 9. The molecule has 2 aromatic heterocycles. The average molecular weight is 314 g/mol. The van der Waals surface area contributed by atoms with Gasteiger partial charge in [-0.2, -0.15) is 10.2 Å². The zero-order valence-corrected chi connectivity index (χ0v) is 12.1. The molecule has 3 rings (SSSR count). The van der Waals surface area contributed by atoms with Crippen molar-refractivity contribution in [1.29, 1.82) is 0 Å². The number of aryl methyl sites for hydroxylation is 1. The van der Waals surface area contributed by atoms with Gasteiger partial charge in [0.1, 0.15) is 5.75 Å². The number of para-hydroxylation sites is 1. The number of nitrogens with one attached hydrogen (secondary N) is 1. The summed E-state index contributed by atoms with van der Waals surface area (Å²) in [5.41, 5.74) is 0.716. The van der Waals surface area contributed by atoms with Gasteiger partial charge in [-0.15, -0.1) is 5.10 Å². The Kier molecular flexibility index (Phi) is 4.22. The van der Waals surface area contributed by atoms with Crippen LogP contribution in [-0.2, 0) is 6.42 Å². The molecule has 2 heterocycles. The maximum absolute atomic E-state index is 11.7. The van der Waals surface area contributed by atoms with Crippen LogP contribution in [0.5, 0.6) is 5.75 Å². The van der Waals surface area contributed by atoms with Crippen LogP contribution in [0.25, 0.3) is 11.4 Å². The fourth-order valence-electron chi connectivity index (χ4n) is 1.88. The molecule has 0 aliphatic carbocycles. The molecule has 0 saturated carbocycles. The van der Waals surface area contributed by atoms with Crippen molar-refractivity contribution >= 4 is 11.8 Å². The smallest absolute Gasteiger partial charge is 0.287 e. The van der Waals surface area contributed by atoms with Crippen LogP contribution in [0, 0.1) is 0 Å². The summed E-state index contributed by atoms with van der Waals surface area (Å²) in [6.07, 6.45) is 0.366. The number of aromatic amines is 1. The van der Waals surface area contributed by atoms with Crippen molar-refractivity contribution in [2.75, 3.05) is 7.11 Å². The fraction of sp³-hybridized carbons (Fsp3) is 0.231. The van der Waals surface area contributed by atoms with Crippen molar-refractivity contribution in [3.63, 3.8) is 0 Å². The van der Waals surface area contributed by atoms with Crippen LogP contribution in [0.4, 0.5) is 5.95 Å². The number of aliphatic imine (C=N–C) groups is 1. The van der Waals surface area contributed by atoms with E-state index in [0.717, 1.165) is 0 Å². The van der Waals surface area contributed by atoms with Crippen LogP contribution >= 0.6 is 0 Å². The molecule has 0 fully saturated rings. The Morgan fingerprint density at radius 3 is 3.04 bits per heavy atom. The first-order valence-electron chi connectivity index (χ1n) is 6.70. The number of H-pyrrole nitrogens is 1. The standard InChI is InChI=1S/C13H13N7O3/c1-22-9-5-3-2-4-8(9)12-15-11(23-18-12)7-6-10(21)14-13-16-19-20-17-13/h2-5H,6-7H2,1H3,(H2,14,16,17,19,20,21)/p-1. The lowest BCUT2D eigenvalue weighted by Gasteiger charge is -2.06. The predicted molar refractivity (Wildman–Crippen MR) is 75.9 cm³/mol. The van der Waals surface area contributed by atoms with Gasteiger partial charge in [0, 0.05) is 6.42 Å². The number of nitrogens with zero attached hydrogens (tertiary/aromatic N) is 6. The minimum Gasteiger partial charge on any atom is -0.862 e. The molecule has 10 nitrogen and oxygen atoms in total. The summed E-state index contributed by atoms with van der Waals surface area (Å²) in [5, 5.41) is 28.2. The topological polar surface area (TPSA) is 138 Å². The molecule has 1 N–H and O–H groups in total. The number of ether oxygens (including phenoxy) is 1. The molecular formula is C13H12N7O3-. The highest BCUT2D eigenvalue weighted by molar-refractivity contribution is 5.73. The number of rotatable bonds is 6. The van der Waals surface area contributed by atoms with Crippen LogP contribution < -0.4 is 9.84 Å². The van der Waals surface area contributed by atoms with Crippen molar-refractivity contribution in [2.45, 2.75) is 12.8 Å². The molecule has 3 aromatic rings. The molecule has 0 spiro atoms. The summed E-state index contributed by atoms with van der Waals surface area (Å²) in [6.45, 7) is 0. The zero-order valence-electron chi connectivity index (χ0n) is 12.1. The van der Waals surface area contributed by atoms with E-state index in [2.05, 4.69) is 35.8 Å². The van der Waals surface area contributed by atoms with Crippen molar-refractivity contribution < 1.29 is 14.4 Å². The SMILES string of the molecule is COc1ccccc1-c1noc(CCC([O-])=Nc2nn[nH]n2)n1. The number of benzene rings is 1. The summed E-state index contributed by atoms with van der Waals surface area (Å²) < 4.78 is 10.4. The third-order valence-corrected chi connectivity index (χ3v) is 2.93. The molecule has 0 unspecified atom stereocenters. The highest BCUT2D eigenvalue weighted by atomic mass is 16.5. The Hall–Kier alpha value is -3.30. The quantitative estimate of drug-likeness (QED) is 0.505. The zero-order chi connectivity index (χ0) is 16.1. The first kappa shape index (κ1) is 14.6. The fourth-order valence-corrected chi connectivity index (χ4v) is 1.88. The van der Waals surface area contributed by atoms with Gasteiger partial charge >= 0.3 is 0 Å².